The first kappa shape index (κ1) is 32.0. The van der Waals surface area contributed by atoms with Crippen molar-refractivity contribution in [2.45, 2.75) is 50.3 Å². The van der Waals surface area contributed by atoms with E-state index in [2.05, 4.69) is 28.8 Å². The molecule has 1 heterocycles. The molecule has 0 fully saturated rings. The van der Waals surface area contributed by atoms with Crippen LogP contribution in [0.15, 0.2) is 114 Å². The lowest BCUT2D eigenvalue weighted by Gasteiger charge is -2.19. The first-order chi connectivity index (χ1) is 22.6. The number of furan rings is 1. The molecule has 47 heavy (non-hydrogen) atoms. The van der Waals surface area contributed by atoms with Gasteiger partial charge in [-0.1, -0.05) is 60.7 Å². The van der Waals surface area contributed by atoms with Crippen molar-refractivity contribution in [1.29, 1.82) is 0 Å². The zero-order chi connectivity index (χ0) is 33.0. The number of hydrogen-bond acceptors (Lipinski definition) is 5. The number of rotatable bonds is 10. The molecule has 2 unspecified atom stereocenters. The molecule has 3 N–H and O–H groups in total. The minimum absolute atomic E-state index is 0.171. The van der Waals surface area contributed by atoms with Crippen LogP contribution >= 0.6 is 0 Å². The summed E-state index contributed by atoms with van der Waals surface area (Å²) in [5.74, 6) is -0.581. The molecule has 0 bridgehead atoms. The van der Waals surface area contributed by atoms with E-state index in [0.29, 0.717) is 12.1 Å². The Morgan fingerprint density at radius 3 is 2.23 bits per heavy atom. The highest BCUT2D eigenvalue weighted by Crippen LogP contribution is 2.31. The van der Waals surface area contributed by atoms with Gasteiger partial charge in [0.15, 0.2) is 5.37 Å². The quantitative estimate of drug-likeness (QED) is 0.132. The number of amides is 2. The number of carbonyl (C=O) groups is 2. The zero-order valence-electron chi connectivity index (χ0n) is 26.0. The lowest BCUT2D eigenvalue weighted by Crippen LogP contribution is -2.38. The van der Waals surface area contributed by atoms with Crippen LogP contribution < -0.4 is 10.6 Å². The molecular formula is C38H36N2O6S. The molecule has 1 aliphatic rings. The molecule has 6 rings (SSSR count). The molecule has 5 aromatic rings. The first-order valence-corrected chi connectivity index (χ1v) is 17.2. The smallest absolute Gasteiger partial charge is 0.285 e. The van der Waals surface area contributed by atoms with Crippen molar-refractivity contribution < 1.29 is 27.0 Å². The van der Waals surface area contributed by atoms with Gasteiger partial charge in [0.1, 0.15) is 11.3 Å². The molecule has 0 saturated heterocycles. The predicted molar refractivity (Wildman–Crippen MR) is 185 cm³/mol. The number of anilines is 1. The predicted octanol–water partition coefficient (Wildman–Crippen LogP) is 7.99. The Balaban J connectivity index is 1.21. The molecular weight excluding hydrogens is 612 g/mol. The number of carbonyl (C=O) groups excluding carboxylic acids is 2. The van der Waals surface area contributed by atoms with Crippen LogP contribution in [-0.2, 0) is 21.3 Å². The fourth-order valence-electron chi connectivity index (χ4n) is 5.83. The van der Waals surface area contributed by atoms with Crippen LogP contribution in [0, 0.1) is 0 Å². The number of para-hydroxylation sites is 1. The second-order valence-electron chi connectivity index (χ2n) is 11.9. The Morgan fingerprint density at radius 1 is 0.872 bits per heavy atom. The van der Waals surface area contributed by atoms with Crippen LogP contribution in [0.4, 0.5) is 5.69 Å². The fraction of sp³-hybridized carbons (Fsp3) is 0.211. The van der Waals surface area contributed by atoms with Gasteiger partial charge in [-0.05, 0) is 110 Å². The van der Waals surface area contributed by atoms with Gasteiger partial charge in [0.25, 0.3) is 16.0 Å². The highest BCUT2D eigenvalue weighted by molar-refractivity contribution is 7.86. The molecule has 0 radical (unpaired) electrons. The van der Waals surface area contributed by atoms with Crippen LogP contribution in [0.2, 0.25) is 0 Å². The van der Waals surface area contributed by atoms with E-state index >= 15 is 0 Å². The molecule has 2 amide bonds. The Kier molecular flexibility index (Phi) is 9.38. The SMILES string of the molecule is CC(NC(=O)c1ccc(CC(C(=O)Nc2ccc(-c3cc4ccccc4o3)cc2)c2ccc(C3=CCCCC3)cc2)cc1)S(=O)(=O)O. The van der Waals surface area contributed by atoms with Crippen molar-refractivity contribution in [1.82, 2.24) is 5.32 Å². The summed E-state index contributed by atoms with van der Waals surface area (Å²) in [6.45, 7) is 1.19. The molecule has 9 heteroatoms. The van der Waals surface area contributed by atoms with Gasteiger partial charge in [-0.3, -0.25) is 14.1 Å². The number of benzene rings is 4. The van der Waals surface area contributed by atoms with E-state index in [9.17, 15) is 22.6 Å². The van der Waals surface area contributed by atoms with E-state index in [-0.39, 0.29) is 11.5 Å². The van der Waals surface area contributed by atoms with Crippen LogP contribution in [0.3, 0.4) is 0 Å². The highest BCUT2D eigenvalue weighted by atomic mass is 32.2. The molecule has 2 atom stereocenters. The van der Waals surface area contributed by atoms with Gasteiger partial charge in [-0.25, -0.2) is 0 Å². The van der Waals surface area contributed by atoms with Crippen LogP contribution in [-0.4, -0.2) is 30.2 Å². The number of allylic oxidation sites excluding steroid dienone is 2. The summed E-state index contributed by atoms with van der Waals surface area (Å²) >= 11 is 0. The van der Waals surface area contributed by atoms with E-state index in [1.54, 1.807) is 24.3 Å². The van der Waals surface area contributed by atoms with Crippen molar-refractivity contribution in [3.63, 3.8) is 0 Å². The summed E-state index contributed by atoms with van der Waals surface area (Å²) < 4.78 is 37.8. The maximum atomic E-state index is 13.9. The van der Waals surface area contributed by atoms with E-state index in [0.717, 1.165) is 46.3 Å². The monoisotopic (exact) mass is 648 g/mol. The summed E-state index contributed by atoms with van der Waals surface area (Å²) in [5.41, 5.74) is 6.81. The highest BCUT2D eigenvalue weighted by Gasteiger charge is 2.23. The minimum Gasteiger partial charge on any atom is -0.456 e. The molecule has 0 spiro atoms. The van der Waals surface area contributed by atoms with E-state index < -0.39 is 27.3 Å². The maximum absolute atomic E-state index is 13.9. The van der Waals surface area contributed by atoms with Crippen molar-refractivity contribution in [3.05, 3.63) is 131 Å². The average molecular weight is 649 g/mol. The van der Waals surface area contributed by atoms with E-state index in [1.165, 1.54) is 30.9 Å². The second-order valence-corrected chi connectivity index (χ2v) is 13.6. The average Bonchev–Trinajstić information content (AvgIpc) is 3.52. The van der Waals surface area contributed by atoms with Gasteiger partial charge in [-0.15, -0.1) is 0 Å². The van der Waals surface area contributed by atoms with Crippen LogP contribution in [0.25, 0.3) is 27.9 Å². The number of fused-ring (bicyclic) bond motifs is 1. The Bertz CT molecular complexity index is 2000. The first-order valence-electron chi connectivity index (χ1n) is 15.7. The van der Waals surface area contributed by atoms with Gasteiger partial charge < -0.3 is 15.1 Å². The lowest BCUT2D eigenvalue weighted by molar-refractivity contribution is -0.117. The molecule has 240 valence electrons. The summed E-state index contributed by atoms with van der Waals surface area (Å²) in [6.07, 6.45) is 7.19. The van der Waals surface area contributed by atoms with Crippen molar-refractivity contribution in [3.8, 4) is 11.3 Å². The Hall–Kier alpha value is -4.99. The lowest BCUT2D eigenvalue weighted by atomic mass is 9.88. The second kappa shape index (κ2) is 13.8. The van der Waals surface area contributed by atoms with Crippen molar-refractivity contribution in [2.24, 2.45) is 0 Å². The minimum atomic E-state index is -4.41. The summed E-state index contributed by atoms with van der Waals surface area (Å²) in [5, 5.41) is 4.93. The van der Waals surface area contributed by atoms with Crippen LogP contribution in [0.1, 0.15) is 65.6 Å². The fourth-order valence-corrected chi connectivity index (χ4v) is 6.09. The van der Waals surface area contributed by atoms with Gasteiger partial charge in [0.05, 0.1) is 5.92 Å². The largest absolute Gasteiger partial charge is 0.456 e. The Morgan fingerprint density at radius 2 is 1.57 bits per heavy atom. The molecule has 0 aliphatic heterocycles. The summed E-state index contributed by atoms with van der Waals surface area (Å²) in [4.78, 5) is 26.4. The summed E-state index contributed by atoms with van der Waals surface area (Å²) in [6, 6.07) is 32.2. The van der Waals surface area contributed by atoms with E-state index in [1.807, 2.05) is 66.7 Å². The van der Waals surface area contributed by atoms with Gasteiger partial charge in [0.2, 0.25) is 5.91 Å². The zero-order valence-corrected chi connectivity index (χ0v) is 26.8. The Labute approximate surface area is 274 Å². The third-order valence-electron chi connectivity index (χ3n) is 8.59. The van der Waals surface area contributed by atoms with Crippen molar-refractivity contribution in [2.75, 3.05) is 5.32 Å². The van der Waals surface area contributed by atoms with Crippen LogP contribution in [0.5, 0.6) is 0 Å². The molecule has 8 nitrogen and oxygen atoms in total. The molecule has 1 aliphatic carbocycles. The summed E-state index contributed by atoms with van der Waals surface area (Å²) in [7, 11) is -4.41. The third kappa shape index (κ3) is 7.70. The third-order valence-corrected chi connectivity index (χ3v) is 9.60. The normalized spacial score (nSPS) is 14.6. The molecule has 4 aromatic carbocycles. The number of nitrogens with one attached hydrogen (secondary N) is 2. The van der Waals surface area contributed by atoms with Gasteiger partial charge in [0, 0.05) is 22.2 Å². The molecule has 0 saturated carbocycles. The van der Waals surface area contributed by atoms with Gasteiger partial charge in [-0.2, -0.15) is 8.42 Å². The van der Waals surface area contributed by atoms with E-state index in [4.69, 9.17) is 4.42 Å². The topological polar surface area (TPSA) is 126 Å². The van der Waals surface area contributed by atoms with Gasteiger partial charge >= 0.3 is 0 Å². The standard InChI is InChI=1S/C38H36N2O6S/c1-25(47(43,44)45)39-37(41)31-13-11-26(12-14-31)23-34(29-17-15-28(16-18-29)27-7-3-2-4-8-27)38(42)40-33-21-19-30(20-22-33)36-24-32-9-5-6-10-35(32)46-36/h5-7,9-22,24-25,34H,2-4,8,23H2,1H3,(H,39,41)(H,40,42)(H,43,44,45). The van der Waals surface area contributed by atoms with Crippen molar-refractivity contribution >= 4 is 44.2 Å². The maximum Gasteiger partial charge on any atom is 0.285 e. The number of hydrogen-bond donors (Lipinski definition) is 3. The molecule has 1 aromatic heterocycles.